The van der Waals surface area contributed by atoms with Crippen molar-refractivity contribution in [2.45, 2.75) is 96.7 Å². The van der Waals surface area contributed by atoms with E-state index in [1.54, 1.807) is 24.4 Å². The number of nitrogens with zero attached hydrogens (tertiary/aromatic N) is 3. The number of aromatic nitrogens is 3. The minimum Gasteiger partial charge on any atom is -0.444 e. The van der Waals surface area contributed by atoms with Crippen LogP contribution in [0.15, 0.2) is 60.8 Å². The van der Waals surface area contributed by atoms with Gasteiger partial charge in [-0.1, -0.05) is 30.3 Å². The molecule has 2 aliphatic carbocycles. The Kier molecular flexibility index (Phi) is 11.0. The van der Waals surface area contributed by atoms with Gasteiger partial charge in [0.1, 0.15) is 11.3 Å². The number of ether oxygens (including phenoxy) is 1. The van der Waals surface area contributed by atoms with Crippen LogP contribution in [0.25, 0.3) is 22.0 Å². The Morgan fingerprint density at radius 1 is 0.981 bits per heavy atom. The van der Waals surface area contributed by atoms with E-state index in [0.717, 1.165) is 59.9 Å². The number of aryl methyl sites for hydroxylation is 1. The minimum absolute atomic E-state index is 0.148. The molecule has 0 bridgehead atoms. The summed E-state index contributed by atoms with van der Waals surface area (Å²) in [5, 5.41) is 13.8. The van der Waals surface area contributed by atoms with Gasteiger partial charge in [-0.05, 0) is 120 Å². The Bertz CT molecular complexity index is 1920. The summed E-state index contributed by atoms with van der Waals surface area (Å²) in [6.07, 6.45) is 7.28. The quantitative estimate of drug-likeness (QED) is 0.156. The lowest BCUT2D eigenvalue weighted by Gasteiger charge is -2.32. The predicted octanol–water partition coefficient (Wildman–Crippen LogP) is 5.98. The average molecular weight is 708 g/mol. The smallest absolute Gasteiger partial charge is 0.407 e. The molecule has 4 aromatic rings. The van der Waals surface area contributed by atoms with Crippen LogP contribution in [0, 0.1) is 18.8 Å². The molecule has 2 aromatic carbocycles. The summed E-state index contributed by atoms with van der Waals surface area (Å²) in [5.74, 6) is -1.05. The number of pyridine rings is 1. The van der Waals surface area contributed by atoms with Gasteiger partial charge in [0.2, 0.25) is 5.91 Å². The SMILES string of the molecule is Cc1nc(C(=O)NC2CCC2)ccc1-c1ccc(C[C@H](N)C(=O)N(C(=O)C2CCC(CNC(=O)OC(C)(C)C)CC2)c2ccc3cn[nH]c3c2)cc1. The number of carbonyl (C=O) groups excluding carboxylic acids is 4. The van der Waals surface area contributed by atoms with Gasteiger partial charge in [-0.15, -0.1) is 0 Å². The minimum atomic E-state index is -0.974. The Morgan fingerprint density at radius 3 is 2.37 bits per heavy atom. The lowest BCUT2D eigenvalue weighted by atomic mass is 9.81. The number of rotatable bonds is 10. The van der Waals surface area contributed by atoms with Gasteiger partial charge in [0, 0.05) is 35.1 Å². The number of alkyl carbamates (subject to hydrolysis) is 1. The van der Waals surface area contributed by atoms with Crippen molar-refractivity contribution in [2.75, 3.05) is 11.4 Å². The number of aromatic amines is 1. The number of carbonyl (C=O) groups is 4. The van der Waals surface area contributed by atoms with E-state index in [2.05, 4.69) is 25.8 Å². The largest absolute Gasteiger partial charge is 0.444 e. The van der Waals surface area contributed by atoms with Crippen LogP contribution in [-0.4, -0.2) is 63.2 Å². The van der Waals surface area contributed by atoms with Crippen LogP contribution in [-0.2, 0) is 20.7 Å². The first-order valence-corrected chi connectivity index (χ1v) is 18.3. The highest BCUT2D eigenvalue weighted by molar-refractivity contribution is 6.17. The number of nitrogens with two attached hydrogens (primary N) is 1. The topological polar surface area (TPSA) is 172 Å². The summed E-state index contributed by atoms with van der Waals surface area (Å²) in [7, 11) is 0. The Labute approximate surface area is 304 Å². The van der Waals surface area contributed by atoms with Crippen LogP contribution in [0.4, 0.5) is 10.5 Å². The van der Waals surface area contributed by atoms with E-state index < -0.39 is 23.6 Å². The molecule has 2 aliphatic rings. The summed E-state index contributed by atoms with van der Waals surface area (Å²) >= 11 is 0. The second-order valence-corrected chi connectivity index (χ2v) is 15.2. The Morgan fingerprint density at radius 2 is 1.71 bits per heavy atom. The molecule has 2 aromatic heterocycles. The molecule has 6 rings (SSSR count). The highest BCUT2D eigenvalue weighted by atomic mass is 16.6. The molecule has 2 fully saturated rings. The standard InChI is InChI=1S/C40H49N7O5/c1-24-32(18-19-34(44-24)36(48)45-30-6-5-7-30)27-12-8-25(9-13-27)20-33(41)38(50)47(31-17-16-29-23-43-46-35(29)21-31)37(49)28-14-10-26(11-15-28)22-42-39(51)52-40(2,3)4/h8-9,12-13,16-19,21,23,26,28,30,33H,5-7,10-11,14-15,20,22,41H2,1-4H3,(H,42,51)(H,43,46)(H,45,48)/t26?,28?,33-/m0/s1. The molecule has 2 saturated carbocycles. The molecule has 0 unspecified atom stereocenters. The molecule has 52 heavy (non-hydrogen) atoms. The number of fused-ring (bicyclic) bond motifs is 1. The zero-order chi connectivity index (χ0) is 37.0. The average Bonchev–Trinajstić information content (AvgIpc) is 3.57. The van der Waals surface area contributed by atoms with Crippen molar-refractivity contribution in [3.8, 4) is 11.1 Å². The summed E-state index contributed by atoms with van der Waals surface area (Å²) in [5.41, 5.74) is 11.0. The van der Waals surface area contributed by atoms with Crippen molar-refractivity contribution in [1.29, 1.82) is 0 Å². The van der Waals surface area contributed by atoms with Gasteiger partial charge in [-0.25, -0.2) is 14.7 Å². The third-order valence-electron chi connectivity index (χ3n) is 10.1. The second-order valence-electron chi connectivity index (χ2n) is 15.2. The summed E-state index contributed by atoms with van der Waals surface area (Å²) in [6.45, 7) is 7.82. The van der Waals surface area contributed by atoms with Crippen LogP contribution in [0.3, 0.4) is 0 Å². The van der Waals surface area contributed by atoms with E-state index in [-0.39, 0.29) is 36.1 Å². The summed E-state index contributed by atoms with van der Waals surface area (Å²) in [4.78, 5) is 58.9. The molecular weight excluding hydrogens is 658 g/mol. The molecule has 0 radical (unpaired) electrons. The van der Waals surface area contributed by atoms with Crippen LogP contribution in [0.2, 0.25) is 0 Å². The van der Waals surface area contributed by atoms with Gasteiger partial charge in [-0.2, -0.15) is 5.10 Å². The maximum Gasteiger partial charge on any atom is 0.407 e. The van der Waals surface area contributed by atoms with Crippen molar-refractivity contribution >= 4 is 40.4 Å². The maximum absolute atomic E-state index is 14.2. The first-order valence-electron chi connectivity index (χ1n) is 18.3. The van der Waals surface area contributed by atoms with Crippen molar-refractivity contribution in [3.05, 3.63) is 77.7 Å². The van der Waals surface area contributed by atoms with Gasteiger partial charge in [0.05, 0.1) is 23.4 Å². The summed E-state index contributed by atoms with van der Waals surface area (Å²) < 4.78 is 5.36. The first kappa shape index (κ1) is 36.7. The number of benzene rings is 2. The number of anilines is 1. The number of nitrogens with one attached hydrogen (secondary N) is 3. The molecule has 5 N–H and O–H groups in total. The fourth-order valence-corrected chi connectivity index (χ4v) is 6.90. The number of amides is 4. The summed E-state index contributed by atoms with van der Waals surface area (Å²) in [6, 6.07) is 16.0. The Hall–Kier alpha value is -5.10. The van der Waals surface area contributed by atoms with Crippen molar-refractivity contribution in [2.24, 2.45) is 17.6 Å². The monoisotopic (exact) mass is 707 g/mol. The lowest BCUT2D eigenvalue weighted by Crippen LogP contribution is -2.50. The van der Waals surface area contributed by atoms with E-state index in [1.165, 1.54) is 4.90 Å². The van der Waals surface area contributed by atoms with Gasteiger partial charge in [0.25, 0.3) is 11.8 Å². The Balaban J connectivity index is 1.12. The first-order chi connectivity index (χ1) is 24.8. The maximum atomic E-state index is 14.2. The highest BCUT2D eigenvalue weighted by Crippen LogP contribution is 2.33. The van der Waals surface area contributed by atoms with Gasteiger partial charge in [0.15, 0.2) is 0 Å². The van der Waals surface area contributed by atoms with E-state index in [4.69, 9.17) is 10.5 Å². The van der Waals surface area contributed by atoms with Crippen LogP contribution >= 0.6 is 0 Å². The second kappa shape index (κ2) is 15.6. The van der Waals surface area contributed by atoms with Crippen LogP contribution < -0.4 is 21.3 Å². The van der Waals surface area contributed by atoms with Gasteiger partial charge >= 0.3 is 6.09 Å². The highest BCUT2D eigenvalue weighted by Gasteiger charge is 2.36. The molecule has 0 saturated heterocycles. The number of H-pyrrole nitrogens is 1. The lowest BCUT2D eigenvalue weighted by molar-refractivity contribution is -0.130. The fourth-order valence-electron chi connectivity index (χ4n) is 6.90. The van der Waals surface area contributed by atoms with Gasteiger partial charge < -0.3 is 21.1 Å². The molecule has 274 valence electrons. The zero-order valence-corrected chi connectivity index (χ0v) is 30.4. The van der Waals surface area contributed by atoms with Crippen LogP contribution in [0.1, 0.15) is 87.5 Å². The van der Waals surface area contributed by atoms with Gasteiger partial charge in [-0.3, -0.25) is 19.5 Å². The third-order valence-corrected chi connectivity index (χ3v) is 10.1. The molecule has 0 spiro atoms. The number of hydrogen-bond donors (Lipinski definition) is 4. The third kappa shape index (κ3) is 8.85. The van der Waals surface area contributed by atoms with E-state index in [0.29, 0.717) is 36.3 Å². The molecule has 4 amide bonds. The molecular formula is C40H49N7O5. The van der Waals surface area contributed by atoms with Crippen molar-refractivity contribution < 1.29 is 23.9 Å². The van der Waals surface area contributed by atoms with E-state index in [9.17, 15) is 19.2 Å². The van der Waals surface area contributed by atoms with Crippen molar-refractivity contribution in [1.82, 2.24) is 25.8 Å². The number of hydrogen-bond acceptors (Lipinski definition) is 8. The van der Waals surface area contributed by atoms with E-state index >= 15 is 0 Å². The molecule has 2 heterocycles. The van der Waals surface area contributed by atoms with E-state index in [1.807, 2.05) is 64.1 Å². The molecule has 1 atom stereocenters. The number of imide groups is 1. The van der Waals surface area contributed by atoms with Crippen LogP contribution in [0.5, 0.6) is 0 Å². The fraction of sp³-hybridized carbons (Fsp3) is 0.450. The molecule has 0 aliphatic heterocycles. The molecule has 12 heteroatoms. The van der Waals surface area contributed by atoms with Crippen molar-refractivity contribution in [3.63, 3.8) is 0 Å². The zero-order valence-electron chi connectivity index (χ0n) is 30.4. The molecule has 12 nitrogen and oxygen atoms in total. The normalized spacial score (nSPS) is 18.2. The predicted molar refractivity (Wildman–Crippen MR) is 199 cm³/mol.